The van der Waals surface area contributed by atoms with E-state index in [-0.39, 0.29) is 0 Å². The van der Waals surface area contributed by atoms with Gasteiger partial charge in [0.2, 0.25) is 0 Å². The van der Waals surface area contributed by atoms with Gasteiger partial charge in [0, 0.05) is 33.7 Å². The molecule has 5 nitrogen and oxygen atoms in total. The molecule has 0 aliphatic heterocycles. The van der Waals surface area contributed by atoms with Crippen LogP contribution in [0.15, 0.2) is 73.7 Å². The molecule has 2 aromatic carbocycles. The van der Waals surface area contributed by atoms with Crippen molar-refractivity contribution in [2.45, 2.75) is 19.9 Å². The molecule has 0 amide bonds. The monoisotopic (exact) mass is 407 g/mol. The van der Waals surface area contributed by atoms with E-state index >= 15 is 0 Å². The van der Waals surface area contributed by atoms with E-state index in [1.54, 1.807) is 12.5 Å². The van der Waals surface area contributed by atoms with Crippen molar-refractivity contribution in [1.29, 1.82) is 0 Å². The molecule has 0 bridgehead atoms. The van der Waals surface area contributed by atoms with E-state index in [2.05, 4.69) is 76.0 Å². The van der Waals surface area contributed by atoms with E-state index in [4.69, 9.17) is 5.73 Å². The fraction of sp³-hybridized carbons (Fsp3) is 0.115. The summed E-state index contributed by atoms with van der Waals surface area (Å²) in [5, 5.41) is 4.76. The van der Waals surface area contributed by atoms with E-state index in [0.717, 1.165) is 40.1 Å². The average molecular weight is 408 g/mol. The van der Waals surface area contributed by atoms with Crippen LogP contribution >= 0.6 is 0 Å². The molecule has 0 atom stereocenters. The summed E-state index contributed by atoms with van der Waals surface area (Å²) in [6.07, 6.45) is 6.36. The molecular formula is C26H25N5. The molecule has 2 heterocycles. The summed E-state index contributed by atoms with van der Waals surface area (Å²) in [6.45, 7) is 6.89. The molecule has 0 radical (unpaired) electrons. The standard InChI is InChI=1S/C26H25N5/c1-3-6-25(29-16-22-13-19-7-4-5-8-26(19)31-22)20-10-12-23(24(27)14-20)18(2)9-11-21-15-28-17-30-21/h4-8,10,12-15,17,29,31H,2-3,16,27H2,1H3,(H,28,30). The Bertz CT molecular complexity index is 1260. The number of aromatic amines is 2. The van der Waals surface area contributed by atoms with Crippen LogP contribution in [0.25, 0.3) is 22.2 Å². The van der Waals surface area contributed by atoms with Crippen LogP contribution in [0, 0.1) is 11.8 Å². The van der Waals surface area contributed by atoms with Gasteiger partial charge in [0.1, 0.15) is 5.69 Å². The molecule has 2 aromatic heterocycles. The molecule has 0 spiro atoms. The van der Waals surface area contributed by atoms with E-state index in [1.807, 2.05) is 24.3 Å². The summed E-state index contributed by atoms with van der Waals surface area (Å²) < 4.78 is 0. The molecule has 4 rings (SSSR count). The lowest BCUT2D eigenvalue weighted by molar-refractivity contribution is 0.861. The second kappa shape index (κ2) is 9.10. The number of H-pyrrole nitrogens is 2. The summed E-state index contributed by atoms with van der Waals surface area (Å²) >= 11 is 0. The quantitative estimate of drug-likeness (QED) is 0.266. The van der Waals surface area contributed by atoms with Crippen molar-refractivity contribution in [3.8, 4) is 11.8 Å². The van der Waals surface area contributed by atoms with Crippen LogP contribution in [0.4, 0.5) is 5.69 Å². The van der Waals surface area contributed by atoms with E-state index < -0.39 is 0 Å². The highest BCUT2D eigenvalue weighted by Gasteiger charge is 2.08. The van der Waals surface area contributed by atoms with Crippen LogP contribution < -0.4 is 11.1 Å². The maximum absolute atomic E-state index is 6.35. The minimum Gasteiger partial charge on any atom is -0.398 e. The first-order valence-electron chi connectivity index (χ1n) is 10.2. The molecule has 4 aromatic rings. The average Bonchev–Trinajstić information content (AvgIpc) is 3.44. The van der Waals surface area contributed by atoms with E-state index in [1.165, 1.54) is 5.39 Å². The number of aromatic nitrogens is 3. The number of nitrogens with zero attached hydrogens (tertiary/aromatic N) is 1. The number of para-hydroxylation sites is 1. The van der Waals surface area contributed by atoms with Crippen molar-refractivity contribution in [3.05, 3.63) is 96.2 Å². The lowest BCUT2D eigenvalue weighted by Crippen LogP contribution is -2.12. The molecule has 0 saturated heterocycles. The Morgan fingerprint density at radius 3 is 2.84 bits per heavy atom. The number of hydrogen-bond donors (Lipinski definition) is 4. The molecule has 5 heteroatoms. The van der Waals surface area contributed by atoms with Gasteiger partial charge in [0.15, 0.2) is 0 Å². The summed E-state index contributed by atoms with van der Waals surface area (Å²) in [7, 11) is 0. The Balaban J connectivity index is 1.51. The predicted octanol–water partition coefficient (Wildman–Crippen LogP) is 5.08. The van der Waals surface area contributed by atoms with Gasteiger partial charge in [-0.25, -0.2) is 4.98 Å². The molecule has 0 unspecified atom stereocenters. The van der Waals surface area contributed by atoms with Crippen molar-refractivity contribution in [3.63, 3.8) is 0 Å². The molecule has 0 fully saturated rings. The normalized spacial score (nSPS) is 11.2. The van der Waals surface area contributed by atoms with Crippen molar-refractivity contribution < 1.29 is 0 Å². The zero-order valence-electron chi connectivity index (χ0n) is 17.5. The minimum atomic E-state index is 0.649. The molecule has 0 aliphatic rings. The Kier molecular flexibility index (Phi) is 5.91. The van der Waals surface area contributed by atoms with Crippen LogP contribution in [0.5, 0.6) is 0 Å². The van der Waals surface area contributed by atoms with Crippen molar-refractivity contribution in [2.24, 2.45) is 0 Å². The summed E-state index contributed by atoms with van der Waals surface area (Å²) in [5.74, 6) is 6.05. The zero-order valence-corrected chi connectivity index (χ0v) is 17.5. The van der Waals surface area contributed by atoms with Crippen molar-refractivity contribution >= 4 is 27.9 Å². The van der Waals surface area contributed by atoms with Gasteiger partial charge in [-0.3, -0.25) is 0 Å². The molecule has 5 N–H and O–H groups in total. The van der Waals surface area contributed by atoms with Gasteiger partial charge in [-0.05, 0) is 41.5 Å². The topological polar surface area (TPSA) is 82.5 Å². The number of fused-ring (bicyclic) bond motifs is 1. The molecular weight excluding hydrogens is 382 g/mol. The third kappa shape index (κ3) is 4.71. The van der Waals surface area contributed by atoms with E-state index in [0.29, 0.717) is 17.8 Å². The maximum Gasteiger partial charge on any atom is 0.109 e. The molecule has 0 saturated carbocycles. The van der Waals surface area contributed by atoms with Crippen LogP contribution in [-0.4, -0.2) is 15.0 Å². The first-order valence-corrected chi connectivity index (χ1v) is 10.2. The maximum atomic E-state index is 6.35. The first kappa shape index (κ1) is 20.1. The predicted molar refractivity (Wildman–Crippen MR) is 129 cm³/mol. The Morgan fingerprint density at radius 1 is 1.23 bits per heavy atom. The van der Waals surface area contributed by atoms with E-state index in [9.17, 15) is 0 Å². The van der Waals surface area contributed by atoms with Crippen LogP contribution in [0.3, 0.4) is 0 Å². The number of nitrogens with one attached hydrogen (secondary N) is 3. The number of anilines is 1. The van der Waals surface area contributed by atoms with Gasteiger partial charge in [0.05, 0.1) is 19.1 Å². The fourth-order valence-electron chi connectivity index (χ4n) is 3.45. The van der Waals surface area contributed by atoms with Gasteiger partial charge in [-0.1, -0.05) is 55.8 Å². The summed E-state index contributed by atoms with van der Waals surface area (Å²) in [4.78, 5) is 10.4. The van der Waals surface area contributed by atoms with Gasteiger partial charge in [-0.2, -0.15) is 0 Å². The summed E-state index contributed by atoms with van der Waals surface area (Å²) in [6, 6.07) is 16.5. The largest absolute Gasteiger partial charge is 0.398 e. The first-order chi connectivity index (χ1) is 15.1. The highest BCUT2D eigenvalue weighted by atomic mass is 14.9. The van der Waals surface area contributed by atoms with Gasteiger partial charge in [-0.15, -0.1) is 0 Å². The number of imidazole rings is 1. The fourth-order valence-corrected chi connectivity index (χ4v) is 3.45. The Labute approximate surface area is 182 Å². The Hall–Kier alpha value is -4.17. The smallest absolute Gasteiger partial charge is 0.109 e. The van der Waals surface area contributed by atoms with Gasteiger partial charge >= 0.3 is 0 Å². The third-order valence-corrected chi connectivity index (χ3v) is 5.00. The highest BCUT2D eigenvalue weighted by Crippen LogP contribution is 2.25. The second-order valence-corrected chi connectivity index (χ2v) is 7.26. The number of allylic oxidation sites excluding steroid dienone is 2. The third-order valence-electron chi connectivity index (χ3n) is 5.00. The second-order valence-electron chi connectivity index (χ2n) is 7.26. The van der Waals surface area contributed by atoms with Crippen molar-refractivity contribution in [1.82, 2.24) is 20.3 Å². The number of hydrogen-bond acceptors (Lipinski definition) is 3. The lowest BCUT2D eigenvalue weighted by Gasteiger charge is -2.13. The van der Waals surface area contributed by atoms with Crippen LogP contribution in [0.2, 0.25) is 0 Å². The van der Waals surface area contributed by atoms with Gasteiger partial charge in [0.25, 0.3) is 0 Å². The number of nitrogens with two attached hydrogens (primary N) is 1. The number of nitrogen functional groups attached to an aromatic ring is 1. The minimum absolute atomic E-state index is 0.649. The lowest BCUT2D eigenvalue weighted by atomic mass is 10.0. The Morgan fingerprint density at radius 2 is 2.10 bits per heavy atom. The van der Waals surface area contributed by atoms with Crippen LogP contribution in [-0.2, 0) is 6.54 Å². The zero-order chi connectivity index (χ0) is 21.6. The van der Waals surface area contributed by atoms with Crippen LogP contribution in [0.1, 0.15) is 35.9 Å². The van der Waals surface area contributed by atoms with Gasteiger partial charge < -0.3 is 21.0 Å². The number of rotatable bonds is 6. The molecule has 31 heavy (non-hydrogen) atoms. The number of benzene rings is 2. The SMILES string of the molecule is C=C(C#Cc1cnc[nH]1)c1ccc(C(=CCC)NCc2cc3ccccc3[nH]2)cc1N. The summed E-state index contributed by atoms with van der Waals surface area (Å²) in [5.41, 5.74) is 13.6. The molecule has 0 aliphatic carbocycles. The molecule has 154 valence electrons. The highest BCUT2D eigenvalue weighted by molar-refractivity contribution is 5.85. The van der Waals surface area contributed by atoms with Crippen molar-refractivity contribution in [2.75, 3.05) is 5.73 Å².